The number of aromatic amines is 1. The number of aromatic nitrogens is 1. The van der Waals surface area contributed by atoms with Crippen molar-refractivity contribution in [3.05, 3.63) is 57.9 Å². The molecule has 1 heterocycles. The van der Waals surface area contributed by atoms with E-state index in [1.807, 2.05) is 31.2 Å². The molecular weight excluding hydrogens is 276 g/mol. The van der Waals surface area contributed by atoms with Gasteiger partial charge in [-0.1, -0.05) is 23.8 Å². The number of nitrogens with zero attached hydrogens (tertiary/aromatic N) is 1. The fourth-order valence-corrected chi connectivity index (χ4v) is 2.60. The average Bonchev–Trinajstić information content (AvgIpc) is 3.30. The number of benzene rings is 1. The van der Waals surface area contributed by atoms with E-state index >= 15 is 0 Å². The van der Waals surface area contributed by atoms with Crippen LogP contribution in [0.2, 0.25) is 0 Å². The van der Waals surface area contributed by atoms with Crippen LogP contribution in [0.3, 0.4) is 0 Å². The van der Waals surface area contributed by atoms with Gasteiger partial charge in [-0.25, -0.2) is 0 Å². The minimum atomic E-state index is -0.327. The van der Waals surface area contributed by atoms with Crippen molar-refractivity contribution in [1.82, 2.24) is 9.88 Å². The van der Waals surface area contributed by atoms with Crippen LogP contribution in [0.1, 0.15) is 28.8 Å². The maximum absolute atomic E-state index is 12.3. The Morgan fingerprint density at radius 1 is 1.27 bits per heavy atom. The molecule has 0 radical (unpaired) electrons. The van der Waals surface area contributed by atoms with Gasteiger partial charge in [0.1, 0.15) is 5.56 Å². The zero-order valence-corrected chi connectivity index (χ0v) is 12.9. The molecule has 1 amide bonds. The molecule has 0 atom stereocenters. The van der Waals surface area contributed by atoms with Crippen LogP contribution >= 0.6 is 0 Å². The van der Waals surface area contributed by atoms with Crippen molar-refractivity contribution >= 4 is 5.91 Å². The minimum absolute atomic E-state index is 0.205. The van der Waals surface area contributed by atoms with Crippen molar-refractivity contribution in [3.63, 3.8) is 0 Å². The number of pyridine rings is 1. The van der Waals surface area contributed by atoms with Crippen molar-refractivity contribution < 1.29 is 4.79 Å². The first-order chi connectivity index (χ1) is 10.5. The van der Waals surface area contributed by atoms with E-state index in [4.69, 9.17) is 0 Å². The molecule has 4 nitrogen and oxygen atoms in total. The van der Waals surface area contributed by atoms with Gasteiger partial charge >= 0.3 is 0 Å². The molecule has 0 aliphatic heterocycles. The van der Waals surface area contributed by atoms with Gasteiger partial charge in [0, 0.05) is 19.3 Å². The lowest BCUT2D eigenvalue weighted by atomic mass is 10.1. The lowest BCUT2D eigenvalue weighted by Gasteiger charge is -2.16. The number of rotatable bonds is 4. The molecule has 1 aliphatic carbocycles. The quantitative estimate of drug-likeness (QED) is 0.943. The maximum atomic E-state index is 12.3. The van der Waals surface area contributed by atoms with Crippen molar-refractivity contribution in [2.45, 2.75) is 19.8 Å². The molecule has 0 bridgehead atoms. The lowest BCUT2D eigenvalue weighted by Crippen LogP contribution is -2.33. The Morgan fingerprint density at radius 3 is 2.68 bits per heavy atom. The van der Waals surface area contributed by atoms with Gasteiger partial charge in [0.05, 0.1) is 0 Å². The van der Waals surface area contributed by atoms with Gasteiger partial charge in [0.25, 0.3) is 11.5 Å². The Labute approximate surface area is 129 Å². The molecule has 1 N–H and O–H groups in total. The minimum Gasteiger partial charge on any atom is -0.341 e. The molecule has 22 heavy (non-hydrogen) atoms. The van der Waals surface area contributed by atoms with E-state index in [0.717, 1.165) is 23.4 Å². The summed E-state index contributed by atoms with van der Waals surface area (Å²) in [5.41, 5.74) is 2.69. The van der Waals surface area contributed by atoms with Crippen LogP contribution in [0.15, 0.2) is 41.2 Å². The van der Waals surface area contributed by atoms with Gasteiger partial charge in [-0.05, 0) is 49.4 Å². The number of hydrogen-bond acceptors (Lipinski definition) is 2. The van der Waals surface area contributed by atoms with E-state index in [-0.39, 0.29) is 17.0 Å². The molecule has 1 saturated carbocycles. The Morgan fingerprint density at radius 2 is 2.05 bits per heavy atom. The number of amides is 1. The van der Waals surface area contributed by atoms with E-state index in [1.165, 1.54) is 12.8 Å². The van der Waals surface area contributed by atoms with Gasteiger partial charge in [-0.15, -0.1) is 0 Å². The Hall–Kier alpha value is -2.36. The molecule has 1 fully saturated rings. The van der Waals surface area contributed by atoms with Gasteiger partial charge in [-0.2, -0.15) is 0 Å². The van der Waals surface area contributed by atoms with E-state index in [2.05, 4.69) is 4.98 Å². The normalized spacial score (nSPS) is 13.9. The number of carbonyl (C=O) groups is 1. The maximum Gasteiger partial charge on any atom is 0.261 e. The van der Waals surface area contributed by atoms with Gasteiger partial charge < -0.3 is 9.88 Å². The van der Waals surface area contributed by atoms with E-state index < -0.39 is 0 Å². The molecular formula is C18H20N2O2. The van der Waals surface area contributed by atoms with Crippen LogP contribution in [-0.2, 0) is 0 Å². The highest BCUT2D eigenvalue weighted by Gasteiger charge is 2.26. The predicted octanol–water partition coefficient (Wildman–Crippen LogP) is 2.83. The van der Waals surface area contributed by atoms with E-state index in [9.17, 15) is 9.59 Å². The summed E-state index contributed by atoms with van der Waals surface area (Å²) in [6, 6.07) is 11.3. The predicted molar refractivity (Wildman–Crippen MR) is 86.9 cm³/mol. The zero-order chi connectivity index (χ0) is 15.7. The molecule has 0 unspecified atom stereocenters. The fraction of sp³-hybridized carbons (Fsp3) is 0.333. The largest absolute Gasteiger partial charge is 0.341 e. The molecule has 1 aromatic carbocycles. The summed E-state index contributed by atoms with van der Waals surface area (Å²) < 4.78 is 0. The summed E-state index contributed by atoms with van der Waals surface area (Å²) in [7, 11) is 1.76. The Bertz CT molecular complexity index is 760. The van der Waals surface area contributed by atoms with Crippen LogP contribution < -0.4 is 5.56 Å². The summed E-state index contributed by atoms with van der Waals surface area (Å²) in [5, 5.41) is 0. The van der Waals surface area contributed by atoms with Crippen molar-refractivity contribution in [2.24, 2.45) is 5.92 Å². The first kappa shape index (κ1) is 14.6. The third kappa shape index (κ3) is 3.11. The van der Waals surface area contributed by atoms with Crippen molar-refractivity contribution in [1.29, 1.82) is 0 Å². The molecule has 4 heteroatoms. The van der Waals surface area contributed by atoms with Gasteiger partial charge in [0.15, 0.2) is 0 Å². The van der Waals surface area contributed by atoms with Crippen LogP contribution in [0.5, 0.6) is 0 Å². The highest BCUT2D eigenvalue weighted by molar-refractivity contribution is 5.94. The topological polar surface area (TPSA) is 53.2 Å². The Kier molecular flexibility index (Phi) is 3.84. The van der Waals surface area contributed by atoms with Gasteiger partial charge in [0.2, 0.25) is 0 Å². The molecule has 1 aliphatic rings. The van der Waals surface area contributed by atoms with Gasteiger partial charge in [-0.3, -0.25) is 9.59 Å². The van der Waals surface area contributed by atoms with E-state index in [1.54, 1.807) is 24.1 Å². The molecule has 1 aromatic heterocycles. The third-order valence-electron chi connectivity index (χ3n) is 4.04. The number of hydrogen-bond donors (Lipinski definition) is 1. The molecule has 114 valence electrons. The second-order valence-corrected chi connectivity index (χ2v) is 6.11. The Balaban J connectivity index is 1.85. The second kappa shape index (κ2) is 5.79. The lowest BCUT2D eigenvalue weighted by molar-refractivity contribution is 0.0787. The van der Waals surface area contributed by atoms with Crippen LogP contribution in [0.25, 0.3) is 11.3 Å². The molecule has 0 saturated heterocycles. The molecule has 0 spiro atoms. The number of carbonyl (C=O) groups excluding carboxylic acids is 1. The first-order valence-electron chi connectivity index (χ1n) is 7.60. The number of aryl methyl sites for hydroxylation is 1. The van der Waals surface area contributed by atoms with E-state index in [0.29, 0.717) is 5.92 Å². The van der Waals surface area contributed by atoms with Crippen molar-refractivity contribution in [3.8, 4) is 11.3 Å². The second-order valence-electron chi connectivity index (χ2n) is 6.11. The number of nitrogens with one attached hydrogen (secondary N) is 1. The van der Waals surface area contributed by atoms with Crippen LogP contribution in [0, 0.1) is 12.8 Å². The third-order valence-corrected chi connectivity index (χ3v) is 4.04. The summed E-state index contributed by atoms with van der Waals surface area (Å²) in [6.45, 7) is 2.74. The summed E-state index contributed by atoms with van der Waals surface area (Å²) >= 11 is 0. The van der Waals surface area contributed by atoms with Crippen LogP contribution in [-0.4, -0.2) is 29.4 Å². The zero-order valence-electron chi connectivity index (χ0n) is 12.9. The van der Waals surface area contributed by atoms with Crippen molar-refractivity contribution in [2.75, 3.05) is 13.6 Å². The summed E-state index contributed by atoms with van der Waals surface area (Å²) in [4.78, 5) is 29.0. The summed E-state index contributed by atoms with van der Waals surface area (Å²) in [6.07, 6.45) is 2.36. The highest BCUT2D eigenvalue weighted by atomic mass is 16.2. The van der Waals surface area contributed by atoms with Crippen LogP contribution in [0.4, 0.5) is 0 Å². The molecule has 3 rings (SSSR count). The smallest absolute Gasteiger partial charge is 0.261 e. The average molecular weight is 296 g/mol. The highest BCUT2D eigenvalue weighted by Crippen LogP contribution is 2.29. The summed E-state index contributed by atoms with van der Waals surface area (Å²) in [5.74, 6) is 0.406. The first-order valence-corrected chi connectivity index (χ1v) is 7.60. The standard InChI is InChI=1S/C18H20N2O2/c1-12-4-3-5-14(10-12)16-9-8-15(17(21)19-16)18(22)20(2)11-13-6-7-13/h3-5,8-10,13H,6-7,11H2,1-2H3,(H,19,21). The SMILES string of the molecule is Cc1cccc(-c2ccc(C(=O)N(C)CC3CC3)c(=O)[nH]2)c1. The number of H-pyrrole nitrogens is 1. The fourth-order valence-electron chi connectivity index (χ4n) is 2.60. The monoisotopic (exact) mass is 296 g/mol. The molecule has 2 aromatic rings.